The molecule has 9 heteroatoms. The number of nitrogens with two attached hydrogens (primary N) is 1. The maximum atomic E-state index is 13.3. The van der Waals surface area contributed by atoms with Crippen LogP contribution in [0.3, 0.4) is 0 Å². The number of allylic oxidation sites excluding steroid dienone is 4. The van der Waals surface area contributed by atoms with Gasteiger partial charge in [-0.15, -0.1) is 0 Å². The van der Waals surface area contributed by atoms with Gasteiger partial charge in [0.05, 0.1) is 38.4 Å². The number of aliphatic hydroxyl groups excluding tert-OH is 1. The molecule has 0 aromatic carbocycles. The first-order chi connectivity index (χ1) is 21.2. The van der Waals surface area contributed by atoms with E-state index in [-0.39, 0.29) is 53.5 Å². The number of hydrogen-bond acceptors (Lipinski definition) is 7. The van der Waals surface area contributed by atoms with Gasteiger partial charge in [-0.1, -0.05) is 43.2 Å². The van der Waals surface area contributed by atoms with Crippen molar-refractivity contribution in [3.63, 3.8) is 0 Å². The standard InChI is InChI=1S/C35H52N4O5/c1-22-10-11-24-18-26-29(30(41)42)33(43,21-44-27-9-5-7-23-6-3-4-8-25(23)27)28-12-13-32(19-38-15-17-40)14-16-39(31(36)37-2)20-34(24,32)35(22,26)28/h3-4,6,8,22-25,27-28,38,40,43H,5,7,9-21H2,1-2H3,(H2,36,37)(H,41,42). The summed E-state index contributed by atoms with van der Waals surface area (Å²) in [5, 5.41) is 39.5. The molecule has 9 nitrogen and oxygen atoms in total. The Morgan fingerprint density at radius 1 is 1.20 bits per heavy atom. The maximum Gasteiger partial charge on any atom is 0.293 e. The largest absolute Gasteiger partial charge is 0.545 e. The third kappa shape index (κ3) is 3.88. The number of aliphatic imine (C=N–C) groups is 1. The van der Waals surface area contributed by atoms with Gasteiger partial charge in [0.1, 0.15) is 5.60 Å². The molecule has 44 heavy (non-hydrogen) atoms. The Morgan fingerprint density at radius 2 is 2.02 bits per heavy atom. The molecule has 2 spiro atoms. The van der Waals surface area contributed by atoms with Crippen LogP contribution in [0.5, 0.6) is 0 Å². The number of nitrogens with zero attached hydrogens (tertiary/aromatic N) is 1. The highest BCUT2D eigenvalue weighted by molar-refractivity contribution is 5.90. The molecular formula is C35H52N4O5. The van der Waals surface area contributed by atoms with Gasteiger partial charge in [0.15, 0.2) is 0 Å². The van der Waals surface area contributed by atoms with Gasteiger partial charge in [-0.05, 0) is 62.7 Å². The van der Waals surface area contributed by atoms with Crippen LogP contribution in [0.2, 0.25) is 0 Å². The smallest absolute Gasteiger partial charge is 0.293 e. The summed E-state index contributed by atoms with van der Waals surface area (Å²) in [5.41, 5.74) is 5.19. The second-order valence-corrected chi connectivity index (χ2v) is 15.2. The molecule has 6 N–H and O–H groups in total. The summed E-state index contributed by atoms with van der Waals surface area (Å²) in [6.45, 7) is 5.34. The Kier molecular flexibility index (Phi) is 7.68. The van der Waals surface area contributed by atoms with E-state index in [1.807, 2.05) is 0 Å². The number of carboxylic acids is 1. The summed E-state index contributed by atoms with van der Waals surface area (Å²) >= 11 is 0. The minimum absolute atomic E-state index is 0.00394. The van der Waals surface area contributed by atoms with Crippen molar-refractivity contribution < 1.29 is 29.8 Å². The topological polar surface area (TPSA) is 145 Å². The van der Waals surface area contributed by atoms with Gasteiger partial charge in [-0.25, -0.2) is 4.99 Å². The molecule has 1 aliphatic heterocycles. The predicted molar refractivity (Wildman–Crippen MR) is 165 cm³/mol. The van der Waals surface area contributed by atoms with Crippen LogP contribution < -0.4 is 21.1 Å². The first kappa shape index (κ1) is 30.6. The average molecular weight is 609 g/mol. The highest BCUT2D eigenvalue weighted by Crippen LogP contribution is 2.83. The molecule has 1 saturated heterocycles. The molecule has 7 rings (SSSR count). The number of guanidine groups is 1. The van der Waals surface area contributed by atoms with E-state index in [2.05, 4.69) is 41.5 Å². The summed E-state index contributed by atoms with van der Waals surface area (Å²) < 4.78 is 6.72. The van der Waals surface area contributed by atoms with E-state index >= 15 is 0 Å². The number of rotatable bonds is 8. The van der Waals surface area contributed by atoms with Crippen LogP contribution in [0.4, 0.5) is 0 Å². The summed E-state index contributed by atoms with van der Waals surface area (Å²) in [6, 6.07) is 0. The maximum absolute atomic E-state index is 13.3. The van der Waals surface area contributed by atoms with E-state index in [4.69, 9.17) is 10.5 Å². The van der Waals surface area contributed by atoms with Gasteiger partial charge in [0.2, 0.25) is 0 Å². The van der Waals surface area contributed by atoms with Gasteiger partial charge in [-0.3, -0.25) is 4.90 Å². The number of piperidine rings is 1. The summed E-state index contributed by atoms with van der Waals surface area (Å²) in [5.74, 6) is 0.298. The van der Waals surface area contributed by atoms with E-state index < -0.39 is 17.0 Å². The van der Waals surface area contributed by atoms with Crippen LogP contribution in [-0.2, 0) is 9.53 Å². The van der Waals surface area contributed by atoms with Crippen molar-refractivity contribution in [1.82, 2.24) is 5.32 Å². The van der Waals surface area contributed by atoms with E-state index in [1.165, 1.54) is 4.90 Å². The lowest BCUT2D eigenvalue weighted by Gasteiger charge is -2.70. The molecule has 11 atom stereocenters. The highest BCUT2D eigenvalue weighted by atomic mass is 16.5. The fourth-order valence-electron chi connectivity index (χ4n) is 12.7. The Hall–Kier alpha value is -2.04. The van der Waals surface area contributed by atoms with Crippen molar-refractivity contribution in [2.75, 3.05) is 46.4 Å². The van der Waals surface area contributed by atoms with E-state index in [0.29, 0.717) is 30.8 Å². The molecule has 2 bridgehead atoms. The quantitative estimate of drug-likeness (QED) is 0.152. The molecular weight excluding hydrogens is 556 g/mol. The number of carboxylic acid groups (broad SMARTS) is 1. The third-order valence-corrected chi connectivity index (χ3v) is 14.1. The van der Waals surface area contributed by atoms with Gasteiger partial charge < -0.3 is 35.9 Å². The Bertz CT molecular complexity index is 1300. The van der Waals surface area contributed by atoms with Crippen LogP contribution in [-0.4, -0.2) is 80.3 Å². The van der Waals surface area contributed by atoms with Gasteiger partial charge in [-0.2, -0.15) is 0 Å². The number of carbonyl (C=O) groups is 1. The zero-order valence-electron chi connectivity index (χ0n) is 26.5. The molecule has 0 aromatic rings. The number of nitrogens with one attached hydrogen (secondary N) is 2. The third-order valence-electron chi connectivity index (χ3n) is 14.1. The number of aliphatic carboxylic acids is 1. The van der Waals surface area contributed by atoms with Crippen LogP contribution in [0.15, 0.2) is 40.4 Å². The molecule has 0 aromatic heterocycles. The fraction of sp³-hybridized carbons (Fsp3) is 0.771. The molecule has 0 amide bonds. The first-order valence-electron chi connectivity index (χ1n) is 17.2. The second-order valence-electron chi connectivity index (χ2n) is 15.2. The van der Waals surface area contributed by atoms with E-state index in [9.17, 15) is 20.1 Å². The van der Waals surface area contributed by atoms with Crippen molar-refractivity contribution in [1.29, 1.82) is 0 Å². The normalized spacial score (nSPS) is 47.4. The van der Waals surface area contributed by atoms with E-state index in [0.717, 1.165) is 76.6 Å². The SMILES string of the molecule is CN=C(N)[NH+]1CCC2(CNCCO)CCC3C(O)(COC4CCCC5C=CC=CC54)C(C(=O)[O-])=C4CC5CCC(C)C43C52C1. The zero-order chi connectivity index (χ0) is 30.9. The summed E-state index contributed by atoms with van der Waals surface area (Å²) in [4.78, 5) is 18.9. The van der Waals surface area contributed by atoms with Gasteiger partial charge in [0.25, 0.3) is 5.96 Å². The number of hydrogen-bond donors (Lipinski definition) is 5. The average Bonchev–Trinajstić information content (AvgIpc) is 3.37. The number of ether oxygens (including phenoxy) is 1. The second kappa shape index (κ2) is 11.0. The number of fused-ring (bicyclic) bond motifs is 1. The lowest BCUT2D eigenvalue weighted by molar-refractivity contribution is -0.832. The van der Waals surface area contributed by atoms with E-state index in [1.54, 1.807) is 7.05 Å². The zero-order valence-corrected chi connectivity index (χ0v) is 26.5. The Morgan fingerprint density at radius 3 is 2.80 bits per heavy atom. The monoisotopic (exact) mass is 608 g/mol. The lowest BCUT2D eigenvalue weighted by atomic mass is 9.34. The van der Waals surface area contributed by atoms with Crippen molar-refractivity contribution in [3.05, 3.63) is 35.5 Å². The molecule has 7 aliphatic rings. The molecule has 242 valence electrons. The molecule has 4 saturated carbocycles. The number of quaternary nitrogens is 1. The molecule has 0 radical (unpaired) electrons. The predicted octanol–water partition coefficient (Wildman–Crippen LogP) is 0.339. The van der Waals surface area contributed by atoms with Crippen LogP contribution >= 0.6 is 0 Å². The number of likely N-dealkylation sites (tertiary alicyclic amines) is 1. The highest BCUT2D eigenvalue weighted by Gasteiger charge is 2.84. The van der Waals surface area contributed by atoms with Crippen LogP contribution in [0.25, 0.3) is 0 Å². The summed E-state index contributed by atoms with van der Waals surface area (Å²) in [7, 11) is 1.75. The van der Waals surface area contributed by atoms with Crippen molar-refractivity contribution >= 4 is 11.9 Å². The minimum Gasteiger partial charge on any atom is -0.545 e. The van der Waals surface area contributed by atoms with Gasteiger partial charge in [0, 0.05) is 60.2 Å². The van der Waals surface area contributed by atoms with Crippen molar-refractivity contribution in [2.45, 2.75) is 76.4 Å². The molecule has 1 heterocycles. The number of aliphatic hydroxyl groups is 2. The fourth-order valence-corrected chi connectivity index (χ4v) is 12.7. The van der Waals surface area contributed by atoms with Crippen molar-refractivity contribution in [3.8, 4) is 0 Å². The minimum atomic E-state index is -1.61. The van der Waals surface area contributed by atoms with Gasteiger partial charge >= 0.3 is 0 Å². The molecule has 11 unspecified atom stereocenters. The Labute approximate surface area is 261 Å². The molecule has 6 aliphatic carbocycles. The summed E-state index contributed by atoms with van der Waals surface area (Å²) in [6.07, 6.45) is 17.1. The first-order valence-corrected chi connectivity index (χ1v) is 17.2. The van der Waals surface area contributed by atoms with Crippen molar-refractivity contribution in [2.24, 2.45) is 56.6 Å². The van der Waals surface area contributed by atoms with Crippen LogP contribution in [0.1, 0.15) is 64.7 Å². The molecule has 5 fully saturated rings. The van der Waals surface area contributed by atoms with Crippen LogP contribution in [0, 0.1) is 45.8 Å². The lowest BCUT2D eigenvalue weighted by Crippen LogP contribution is -3.19. The number of carbonyl (C=O) groups excluding carboxylic acids is 1. The Balaban J connectivity index is 1.34.